The van der Waals surface area contributed by atoms with E-state index in [0.29, 0.717) is 0 Å². The minimum Gasteiger partial charge on any atom is -0.494 e. The molecular weight excluding hydrogens is 271 g/mol. The number of ether oxygens (including phenoxy) is 1. The predicted octanol–water partition coefficient (Wildman–Crippen LogP) is 3.53. The van der Waals surface area contributed by atoms with Crippen LogP contribution in [-0.2, 0) is 0 Å². The van der Waals surface area contributed by atoms with Crippen molar-refractivity contribution in [2.75, 3.05) is 6.61 Å². The van der Waals surface area contributed by atoms with E-state index in [1.807, 2.05) is 25.1 Å². The molecule has 3 heteroatoms. The Hall–Kier alpha value is 0.1000. The third-order valence-corrected chi connectivity index (χ3v) is 3.16. The summed E-state index contributed by atoms with van der Waals surface area (Å²) in [4.78, 5) is 1.23. The van der Waals surface area contributed by atoms with Crippen LogP contribution >= 0.6 is 30.1 Å². The molecule has 0 aliphatic carbocycles. The number of benzene rings is 1. The van der Waals surface area contributed by atoms with E-state index in [1.165, 1.54) is 4.90 Å². The molecular formula is C8H9IOS. The molecule has 0 unspecified atom stereocenters. The van der Waals surface area contributed by atoms with Crippen LogP contribution in [0, 0.1) is 0 Å². The van der Waals surface area contributed by atoms with Crippen LogP contribution in [0.1, 0.15) is 6.92 Å². The van der Waals surface area contributed by atoms with Crippen molar-refractivity contribution >= 4 is 30.1 Å². The summed E-state index contributed by atoms with van der Waals surface area (Å²) in [5, 5.41) is 0. The quantitative estimate of drug-likeness (QED) is 0.783. The van der Waals surface area contributed by atoms with E-state index in [-0.39, 0.29) is 0 Å². The van der Waals surface area contributed by atoms with Gasteiger partial charge in [0, 0.05) is 26.1 Å². The highest BCUT2D eigenvalue weighted by molar-refractivity contribution is 14.2. The molecule has 1 rings (SSSR count). The highest BCUT2D eigenvalue weighted by Gasteiger charge is 1.93. The van der Waals surface area contributed by atoms with Crippen molar-refractivity contribution in [2.24, 2.45) is 0 Å². The first-order chi connectivity index (χ1) is 5.36. The summed E-state index contributed by atoms with van der Waals surface area (Å²) in [7, 11) is 1.70. The smallest absolute Gasteiger partial charge is 0.120 e. The second-order valence-corrected chi connectivity index (χ2v) is 3.93. The fourth-order valence-corrected chi connectivity index (χ4v) is 1.89. The highest BCUT2D eigenvalue weighted by atomic mass is 127. The molecule has 60 valence electrons. The third-order valence-electron chi connectivity index (χ3n) is 1.21. The van der Waals surface area contributed by atoms with Gasteiger partial charge in [-0.15, -0.1) is 0 Å². The molecule has 0 radical (unpaired) electrons. The Morgan fingerprint density at radius 1 is 1.55 bits per heavy atom. The Bertz CT molecular complexity index is 227. The summed E-state index contributed by atoms with van der Waals surface area (Å²) in [5.74, 6) is 0.953. The molecule has 0 heterocycles. The van der Waals surface area contributed by atoms with Crippen LogP contribution in [0.5, 0.6) is 5.75 Å². The van der Waals surface area contributed by atoms with Crippen molar-refractivity contribution in [1.82, 2.24) is 0 Å². The highest BCUT2D eigenvalue weighted by Crippen LogP contribution is 2.27. The predicted molar refractivity (Wildman–Crippen MR) is 57.5 cm³/mol. The maximum Gasteiger partial charge on any atom is 0.120 e. The Kier molecular flexibility index (Phi) is 4.07. The van der Waals surface area contributed by atoms with Crippen molar-refractivity contribution in [3.63, 3.8) is 0 Å². The van der Waals surface area contributed by atoms with E-state index >= 15 is 0 Å². The van der Waals surface area contributed by atoms with Gasteiger partial charge in [-0.3, -0.25) is 0 Å². The standard InChI is InChI=1S/C8H9IOS/c1-2-10-7-4-3-5-8(6-7)11-9/h3-6H,2H2,1H3. The molecule has 0 atom stereocenters. The minimum atomic E-state index is 0.732. The van der Waals surface area contributed by atoms with Crippen LogP contribution in [-0.4, -0.2) is 6.61 Å². The summed E-state index contributed by atoms with van der Waals surface area (Å²) in [5.41, 5.74) is 0. The van der Waals surface area contributed by atoms with Crippen LogP contribution < -0.4 is 4.74 Å². The molecule has 1 aromatic rings. The van der Waals surface area contributed by atoms with Gasteiger partial charge in [-0.1, -0.05) is 15.0 Å². The monoisotopic (exact) mass is 280 g/mol. The van der Waals surface area contributed by atoms with Crippen molar-refractivity contribution in [3.8, 4) is 5.75 Å². The van der Waals surface area contributed by atoms with Gasteiger partial charge in [-0.2, -0.15) is 0 Å². The molecule has 0 amide bonds. The van der Waals surface area contributed by atoms with Gasteiger partial charge in [-0.25, -0.2) is 0 Å². The number of halogens is 1. The third kappa shape index (κ3) is 2.91. The summed E-state index contributed by atoms with van der Waals surface area (Å²) < 4.78 is 5.33. The van der Waals surface area contributed by atoms with Gasteiger partial charge in [-0.05, 0) is 25.1 Å². The molecule has 0 fully saturated rings. The molecule has 0 saturated carbocycles. The van der Waals surface area contributed by atoms with E-state index < -0.39 is 0 Å². The Balaban J connectivity index is 2.74. The van der Waals surface area contributed by atoms with Gasteiger partial charge in [0.15, 0.2) is 0 Å². The van der Waals surface area contributed by atoms with E-state index in [2.05, 4.69) is 27.3 Å². The first kappa shape index (κ1) is 9.19. The Morgan fingerprint density at radius 3 is 3.00 bits per heavy atom. The molecule has 11 heavy (non-hydrogen) atoms. The number of rotatable bonds is 3. The van der Waals surface area contributed by atoms with Gasteiger partial charge in [0.05, 0.1) is 6.61 Å². The summed E-state index contributed by atoms with van der Waals surface area (Å²) >= 11 is 2.26. The lowest BCUT2D eigenvalue weighted by molar-refractivity contribution is 0.339. The molecule has 1 nitrogen and oxygen atoms in total. The largest absolute Gasteiger partial charge is 0.494 e. The average Bonchev–Trinajstić information content (AvgIpc) is 2.06. The van der Waals surface area contributed by atoms with Crippen LogP contribution in [0.4, 0.5) is 0 Å². The van der Waals surface area contributed by atoms with Crippen molar-refractivity contribution < 1.29 is 4.74 Å². The average molecular weight is 280 g/mol. The minimum absolute atomic E-state index is 0.732. The molecule has 0 spiro atoms. The van der Waals surface area contributed by atoms with Crippen LogP contribution in [0.2, 0.25) is 0 Å². The molecule has 1 aromatic carbocycles. The topological polar surface area (TPSA) is 9.23 Å². The van der Waals surface area contributed by atoms with Crippen LogP contribution in [0.15, 0.2) is 29.2 Å². The lowest BCUT2D eigenvalue weighted by Crippen LogP contribution is -1.90. The lowest BCUT2D eigenvalue weighted by atomic mass is 10.3. The van der Waals surface area contributed by atoms with E-state index in [9.17, 15) is 0 Å². The molecule has 0 aliphatic rings. The lowest BCUT2D eigenvalue weighted by Gasteiger charge is -2.02. The van der Waals surface area contributed by atoms with Gasteiger partial charge in [0.25, 0.3) is 0 Å². The Morgan fingerprint density at radius 2 is 2.36 bits per heavy atom. The first-order valence-electron chi connectivity index (χ1n) is 3.38. The molecule has 0 bridgehead atoms. The summed E-state index contributed by atoms with van der Waals surface area (Å²) in [6.07, 6.45) is 0. The number of hydrogen-bond acceptors (Lipinski definition) is 2. The second kappa shape index (κ2) is 4.87. The summed E-state index contributed by atoms with van der Waals surface area (Å²) in [6, 6.07) is 8.09. The SMILES string of the molecule is CCOc1cccc(SI)c1. The number of hydrogen-bond donors (Lipinski definition) is 0. The van der Waals surface area contributed by atoms with Gasteiger partial charge in [0.1, 0.15) is 5.75 Å². The fourth-order valence-electron chi connectivity index (χ4n) is 0.779. The fraction of sp³-hybridized carbons (Fsp3) is 0.250. The zero-order chi connectivity index (χ0) is 8.10. The summed E-state index contributed by atoms with van der Waals surface area (Å²) in [6.45, 7) is 2.72. The first-order valence-corrected chi connectivity index (χ1v) is 6.74. The van der Waals surface area contributed by atoms with E-state index in [1.54, 1.807) is 8.93 Å². The van der Waals surface area contributed by atoms with E-state index in [0.717, 1.165) is 12.4 Å². The zero-order valence-electron chi connectivity index (χ0n) is 6.21. The van der Waals surface area contributed by atoms with E-state index in [4.69, 9.17) is 4.74 Å². The molecule has 0 saturated heterocycles. The zero-order valence-corrected chi connectivity index (χ0v) is 9.18. The molecule has 0 aromatic heterocycles. The maximum absolute atomic E-state index is 5.33. The van der Waals surface area contributed by atoms with Gasteiger partial charge in [0.2, 0.25) is 0 Å². The van der Waals surface area contributed by atoms with Crippen molar-refractivity contribution in [3.05, 3.63) is 24.3 Å². The molecule has 0 N–H and O–H groups in total. The maximum atomic E-state index is 5.33. The van der Waals surface area contributed by atoms with Crippen molar-refractivity contribution in [1.29, 1.82) is 0 Å². The molecule has 0 aliphatic heterocycles. The van der Waals surface area contributed by atoms with Gasteiger partial charge < -0.3 is 4.74 Å². The normalized spacial score (nSPS) is 9.64. The van der Waals surface area contributed by atoms with Crippen molar-refractivity contribution in [2.45, 2.75) is 11.8 Å². The van der Waals surface area contributed by atoms with Crippen LogP contribution in [0.3, 0.4) is 0 Å². The Labute approximate surface area is 83.1 Å². The van der Waals surface area contributed by atoms with Gasteiger partial charge >= 0.3 is 0 Å². The second-order valence-electron chi connectivity index (χ2n) is 1.99. The van der Waals surface area contributed by atoms with Crippen LogP contribution in [0.25, 0.3) is 0 Å².